The Bertz CT molecular complexity index is 1120. The molecule has 0 amide bonds. The summed E-state index contributed by atoms with van der Waals surface area (Å²) in [5.41, 5.74) is 0.792. The highest BCUT2D eigenvalue weighted by molar-refractivity contribution is 5.83. The van der Waals surface area contributed by atoms with Gasteiger partial charge in [0, 0.05) is 12.6 Å². The number of ether oxygens (including phenoxy) is 2. The van der Waals surface area contributed by atoms with Crippen molar-refractivity contribution in [1.29, 1.82) is 0 Å². The van der Waals surface area contributed by atoms with Crippen molar-refractivity contribution in [2.45, 2.75) is 45.7 Å². The lowest BCUT2D eigenvalue weighted by Gasteiger charge is -2.33. The molecule has 2 aromatic carbocycles. The van der Waals surface area contributed by atoms with Gasteiger partial charge < -0.3 is 19.0 Å². The maximum absolute atomic E-state index is 13.3. The fraction of sp³-hybridized carbons (Fsp3) is 0.375. The van der Waals surface area contributed by atoms with Crippen molar-refractivity contribution in [3.05, 3.63) is 57.9 Å². The third kappa shape index (κ3) is 3.75. The number of nitrogens with zero attached hydrogens (tertiary/aromatic N) is 1. The molecule has 0 saturated carbocycles. The molecule has 1 atom stereocenters. The predicted molar refractivity (Wildman–Crippen MR) is 116 cm³/mol. The monoisotopic (exact) mass is 409 g/mol. The number of methoxy groups -OCH3 is 1. The summed E-state index contributed by atoms with van der Waals surface area (Å²) in [5.74, 6) is 1.59. The maximum atomic E-state index is 13.3. The highest BCUT2D eigenvalue weighted by Gasteiger charge is 2.24. The first-order chi connectivity index (χ1) is 14.5. The second kappa shape index (κ2) is 8.40. The second-order valence-electron chi connectivity index (χ2n) is 7.82. The molecule has 2 heterocycles. The molecule has 1 aromatic heterocycles. The summed E-state index contributed by atoms with van der Waals surface area (Å²) < 4.78 is 17.3. The summed E-state index contributed by atoms with van der Waals surface area (Å²) >= 11 is 0. The van der Waals surface area contributed by atoms with Crippen molar-refractivity contribution < 1.29 is 19.0 Å². The number of benzene rings is 2. The van der Waals surface area contributed by atoms with Gasteiger partial charge in [-0.15, -0.1) is 0 Å². The van der Waals surface area contributed by atoms with Crippen LogP contribution in [-0.2, 0) is 6.54 Å². The molecule has 1 saturated heterocycles. The van der Waals surface area contributed by atoms with Gasteiger partial charge in [-0.05, 0) is 57.5 Å². The predicted octanol–water partition coefficient (Wildman–Crippen LogP) is 4.98. The van der Waals surface area contributed by atoms with Crippen LogP contribution in [0.2, 0.25) is 0 Å². The number of aromatic hydroxyl groups is 1. The molecule has 0 bridgehead atoms. The van der Waals surface area contributed by atoms with Crippen LogP contribution in [0.3, 0.4) is 0 Å². The summed E-state index contributed by atoms with van der Waals surface area (Å²) in [5, 5.41) is 10.9. The van der Waals surface area contributed by atoms with E-state index in [4.69, 9.17) is 13.9 Å². The van der Waals surface area contributed by atoms with Gasteiger partial charge in [0.15, 0.2) is 11.5 Å². The molecule has 1 aliphatic rings. The Morgan fingerprint density at radius 2 is 1.93 bits per heavy atom. The standard InChI is InChI=1S/C24H27NO5/c1-15-8-6-7-13-25(15)14-18-19(26)12-11-17-22(27)23(16(2)29-24(17)18)30-21-10-5-4-9-20(21)28-3/h4-5,9-12,15,26H,6-8,13-14H2,1-3H3. The van der Waals surface area contributed by atoms with Gasteiger partial charge in [0.2, 0.25) is 11.2 Å². The summed E-state index contributed by atoms with van der Waals surface area (Å²) in [6, 6.07) is 10.7. The molecule has 4 rings (SSSR count). The Morgan fingerprint density at radius 1 is 1.17 bits per heavy atom. The minimum atomic E-state index is -0.271. The molecule has 158 valence electrons. The Kier molecular flexibility index (Phi) is 5.68. The number of rotatable bonds is 5. The highest BCUT2D eigenvalue weighted by atomic mass is 16.5. The van der Waals surface area contributed by atoms with E-state index in [1.807, 2.05) is 12.1 Å². The number of aryl methyl sites for hydroxylation is 1. The number of phenolic OH excluding ortho intramolecular Hbond substituents is 1. The van der Waals surface area contributed by atoms with Crippen molar-refractivity contribution in [2.75, 3.05) is 13.7 Å². The molecule has 0 radical (unpaired) electrons. The molecular weight excluding hydrogens is 382 g/mol. The lowest BCUT2D eigenvalue weighted by Crippen LogP contribution is -2.36. The largest absolute Gasteiger partial charge is 0.507 e. The number of fused-ring (bicyclic) bond motifs is 1. The smallest absolute Gasteiger partial charge is 0.235 e. The van der Waals surface area contributed by atoms with Gasteiger partial charge in [-0.1, -0.05) is 18.6 Å². The zero-order valence-electron chi connectivity index (χ0n) is 17.6. The lowest BCUT2D eigenvalue weighted by molar-refractivity contribution is 0.151. The Balaban J connectivity index is 1.78. The number of hydrogen-bond acceptors (Lipinski definition) is 6. The summed E-state index contributed by atoms with van der Waals surface area (Å²) in [4.78, 5) is 15.6. The van der Waals surface area contributed by atoms with Crippen LogP contribution in [0, 0.1) is 6.92 Å². The number of piperidine rings is 1. The number of hydrogen-bond donors (Lipinski definition) is 1. The first-order valence-corrected chi connectivity index (χ1v) is 10.3. The van der Waals surface area contributed by atoms with Gasteiger partial charge in [-0.3, -0.25) is 9.69 Å². The van der Waals surface area contributed by atoms with Crippen LogP contribution in [0.15, 0.2) is 45.6 Å². The van der Waals surface area contributed by atoms with Crippen molar-refractivity contribution in [2.24, 2.45) is 0 Å². The minimum absolute atomic E-state index is 0.120. The first kappa shape index (κ1) is 20.3. The van der Waals surface area contributed by atoms with Gasteiger partial charge in [0.1, 0.15) is 17.1 Å². The molecule has 1 aliphatic heterocycles. The van der Waals surface area contributed by atoms with Crippen molar-refractivity contribution in [3.8, 4) is 23.0 Å². The van der Waals surface area contributed by atoms with Crippen molar-refractivity contribution in [3.63, 3.8) is 0 Å². The van der Waals surface area contributed by atoms with Crippen LogP contribution in [0.25, 0.3) is 11.0 Å². The average Bonchev–Trinajstić information content (AvgIpc) is 2.75. The van der Waals surface area contributed by atoms with Crippen LogP contribution in [0.1, 0.15) is 37.5 Å². The summed E-state index contributed by atoms with van der Waals surface area (Å²) in [6.07, 6.45) is 3.48. The molecule has 6 heteroatoms. The number of likely N-dealkylation sites (tertiary alicyclic amines) is 1. The Hall–Kier alpha value is -2.99. The molecule has 30 heavy (non-hydrogen) atoms. The van der Waals surface area contributed by atoms with Gasteiger partial charge >= 0.3 is 0 Å². The van der Waals surface area contributed by atoms with Gasteiger partial charge in [0.25, 0.3) is 0 Å². The van der Waals surface area contributed by atoms with E-state index in [0.29, 0.717) is 46.4 Å². The van der Waals surface area contributed by atoms with Crippen LogP contribution in [0.4, 0.5) is 0 Å². The van der Waals surface area contributed by atoms with E-state index in [1.54, 1.807) is 38.3 Å². The van der Waals surface area contributed by atoms with Gasteiger partial charge in [-0.2, -0.15) is 0 Å². The van der Waals surface area contributed by atoms with E-state index in [0.717, 1.165) is 19.4 Å². The fourth-order valence-corrected chi connectivity index (χ4v) is 4.07. The highest BCUT2D eigenvalue weighted by Crippen LogP contribution is 2.35. The van der Waals surface area contributed by atoms with Gasteiger partial charge in [-0.25, -0.2) is 0 Å². The zero-order valence-corrected chi connectivity index (χ0v) is 17.6. The quantitative estimate of drug-likeness (QED) is 0.641. The topological polar surface area (TPSA) is 72.1 Å². The molecule has 1 unspecified atom stereocenters. The molecule has 3 aromatic rings. The average molecular weight is 409 g/mol. The van der Waals surface area contributed by atoms with Crippen LogP contribution >= 0.6 is 0 Å². The van der Waals surface area contributed by atoms with Crippen molar-refractivity contribution in [1.82, 2.24) is 4.90 Å². The molecule has 0 spiro atoms. The molecule has 0 aliphatic carbocycles. The van der Waals surface area contributed by atoms with Crippen LogP contribution in [-0.4, -0.2) is 29.7 Å². The maximum Gasteiger partial charge on any atom is 0.235 e. The molecule has 1 fully saturated rings. The minimum Gasteiger partial charge on any atom is -0.507 e. The van der Waals surface area contributed by atoms with E-state index in [9.17, 15) is 9.90 Å². The third-order valence-corrected chi connectivity index (χ3v) is 5.84. The van der Waals surface area contributed by atoms with Crippen LogP contribution in [0.5, 0.6) is 23.0 Å². The van der Waals surface area contributed by atoms with E-state index in [-0.39, 0.29) is 16.9 Å². The molecule has 1 N–H and O–H groups in total. The molecule has 6 nitrogen and oxygen atoms in total. The fourth-order valence-electron chi connectivity index (χ4n) is 4.07. The lowest BCUT2D eigenvalue weighted by atomic mass is 10.0. The SMILES string of the molecule is COc1ccccc1Oc1c(C)oc2c(CN3CCCCC3C)c(O)ccc2c1=O. The van der Waals surface area contributed by atoms with E-state index in [2.05, 4.69) is 11.8 Å². The number of phenols is 1. The second-order valence-corrected chi connectivity index (χ2v) is 7.82. The number of para-hydroxylation sites is 2. The summed E-state index contributed by atoms with van der Waals surface area (Å²) in [6.45, 7) is 5.40. The first-order valence-electron chi connectivity index (χ1n) is 10.3. The van der Waals surface area contributed by atoms with Crippen molar-refractivity contribution >= 4 is 11.0 Å². The van der Waals surface area contributed by atoms with E-state index in [1.165, 1.54) is 6.42 Å². The third-order valence-electron chi connectivity index (χ3n) is 5.84. The zero-order chi connectivity index (χ0) is 21.3. The summed E-state index contributed by atoms with van der Waals surface area (Å²) in [7, 11) is 1.55. The Morgan fingerprint density at radius 3 is 2.67 bits per heavy atom. The van der Waals surface area contributed by atoms with Crippen LogP contribution < -0.4 is 14.9 Å². The van der Waals surface area contributed by atoms with E-state index < -0.39 is 0 Å². The van der Waals surface area contributed by atoms with Gasteiger partial charge in [0.05, 0.1) is 18.1 Å². The molecular formula is C24H27NO5. The Labute approximate surface area is 175 Å². The normalized spacial score (nSPS) is 17.2. The van der Waals surface area contributed by atoms with E-state index >= 15 is 0 Å².